The van der Waals surface area contributed by atoms with Crippen LogP contribution >= 0.6 is 11.3 Å². The molecule has 17 rings (SSSR count). The summed E-state index contributed by atoms with van der Waals surface area (Å²) in [5.41, 5.74) is 17.2. The largest absolute Gasteiger partial charge is 0.135 e. The molecule has 0 unspecified atom stereocenters. The first kappa shape index (κ1) is 47.4. The molecule has 0 aliphatic heterocycles. The maximum Gasteiger partial charge on any atom is 0.0355 e. The average molecular weight is 1070 g/mol. The fraction of sp³-hybridized carbons (Fsp3) is 0. The Labute approximate surface area is 485 Å². The monoisotopic (exact) mass is 1070 g/mol. The Morgan fingerprint density at radius 1 is 0.157 bits per heavy atom. The van der Waals surface area contributed by atoms with E-state index in [-0.39, 0.29) is 0 Å². The van der Waals surface area contributed by atoms with Gasteiger partial charge >= 0.3 is 0 Å². The van der Waals surface area contributed by atoms with E-state index in [0.717, 1.165) is 0 Å². The Kier molecular flexibility index (Phi) is 10.9. The summed E-state index contributed by atoms with van der Waals surface area (Å²) in [6, 6.07) is 113. The van der Waals surface area contributed by atoms with Gasteiger partial charge in [0.2, 0.25) is 0 Å². The molecule has 0 amide bonds. The van der Waals surface area contributed by atoms with Crippen LogP contribution in [0.15, 0.2) is 303 Å². The molecule has 0 spiro atoms. The van der Waals surface area contributed by atoms with Gasteiger partial charge in [-0.25, -0.2) is 0 Å². The number of hydrogen-bond donors (Lipinski definition) is 0. The molecule has 0 aliphatic rings. The molecule has 0 atom stereocenters. The quantitative estimate of drug-likeness (QED) is 0.140. The van der Waals surface area contributed by atoms with Gasteiger partial charge < -0.3 is 0 Å². The van der Waals surface area contributed by atoms with E-state index in [0.29, 0.717) is 0 Å². The summed E-state index contributed by atoms with van der Waals surface area (Å²) >= 11 is 1.87. The first-order valence-electron chi connectivity index (χ1n) is 28.7. The first-order valence-corrected chi connectivity index (χ1v) is 29.5. The Bertz CT molecular complexity index is 5440. The molecule has 17 aromatic rings. The molecule has 0 N–H and O–H groups in total. The Hall–Kier alpha value is -10.4. The van der Waals surface area contributed by atoms with Crippen LogP contribution in [0.3, 0.4) is 0 Å². The van der Waals surface area contributed by atoms with Crippen LogP contribution in [0.25, 0.3) is 173 Å². The number of hydrogen-bond acceptors (Lipinski definition) is 1. The minimum Gasteiger partial charge on any atom is -0.135 e. The lowest BCUT2D eigenvalue weighted by Gasteiger charge is -2.21. The summed E-state index contributed by atoms with van der Waals surface area (Å²) in [6.45, 7) is 0. The van der Waals surface area contributed by atoms with E-state index >= 15 is 0 Å². The van der Waals surface area contributed by atoms with Gasteiger partial charge in [0.25, 0.3) is 0 Å². The zero-order valence-corrected chi connectivity index (χ0v) is 46.1. The average Bonchev–Trinajstić information content (AvgIpc) is 3.68. The molecule has 1 heterocycles. The summed E-state index contributed by atoms with van der Waals surface area (Å²) in [5, 5.41) is 20.1. The van der Waals surface area contributed by atoms with E-state index in [4.69, 9.17) is 0 Å². The van der Waals surface area contributed by atoms with Gasteiger partial charge in [-0.15, -0.1) is 11.3 Å². The minimum absolute atomic E-state index is 1.18. The van der Waals surface area contributed by atoms with Crippen molar-refractivity contribution in [2.45, 2.75) is 0 Å². The number of benzene rings is 16. The summed E-state index contributed by atoms with van der Waals surface area (Å²) in [5.74, 6) is 0. The van der Waals surface area contributed by atoms with Crippen LogP contribution in [0.1, 0.15) is 0 Å². The SMILES string of the molecule is c1cc(-c2ccc3c(-c4cccc5ccccc45)c4ccccc4c(-c4ccc(-c5ccc(-c6c7ccccc7c(-c7ccc8sc9ccccc9c8c7)c7ccccc67)cc5)c5ccccc45)c3c2)cc(-c2cccc3ccccc23)c1. The second kappa shape index (κ2) is 19.1. The van der Waals surface area contributed by atoms with E-state index < -0.39 is 0 Å². The van der Waals surface area contributed by atoms with Gasteiger partial charge in [0.05, 0.1) is 0 Å². The van der Waals surface area contributed by atoms with Crippen molar-refractivity contribution in [1.29, 1.82) is 0 Å². The Morgan fingerprint density at radius 3 is 1.19 bits per heavy atom. The molecule has 16 aromatic carbocycles. The summed E-state index contributed by atoms with van der Waals surface area (Å²) in [6.07, 6.45) is 0. The van der Waals surface area contributed by atoms with Crippen LogP contribution in [0.4, 0.5) is 0 Å². The second-order valence-corrected chi connectivity index (χ2v) is 23.2. The topological polar surface area (TPSA) is 0 Å². The lowest BCUT2D eigenvalue weighted by Crippen LogP contribution is -1.94. The van der Waals surface area contributed by atoms with Gasteiger partial charge in [-0.1, -0.05) is 273 Å². The molecule has 0 radical (unpaired) electrons. The predicted molar refractivity (Wildman–Crippen MR) is 360 cm³/mol. The highest BCUT2D eigenvalue weighted by atomic mass is 32.1. The highest BCUT2D eigenvalue weighted by Gasteiger charge is 2.23. The van der Waals surface area contributed by atoms with E-state index in [9.17, 15) is 0 Å². The van der Waals surface area contributed by atoms with E-state index in [2.05, 4.69) is 303 Å². The normalized spacial score (nSPS) is 11.9. The Morgan fingerprint density at radius 2 is 0.530 bits per heavy atom. The van der Waals surface area contributed by atoms with Crippen LogP contribution in [-0.4, -0.2) is 0 Å². The number of fused-ring (bicyclic) bond motifs is 10. The van der Waals surface area contributed by atoms with E-state index in [1.165, 1.54) is 173 Å². The number of rotatable bonds is 7. The van der Waals surface area contributed by atoms with Gasteiger partial charge in [-0.3, -0.25) is 0 Å². The molecular formula is C82H50S. The van der Waals surface area contributed by atoms with Crippen molar-refractivity contribution in [3.63, 3.8) is 0 Å². The third-order valence-electron chi connectivity index (χ3n) is 17.7. The smallest absolute Gasteiger partial charge is 0.0355 e. The van der Waals surface area contributed by atoms with Gasteiger partial charge in [-0.2, -0.15) is 0 Å². The van der Waals surface area contributed by atoms with Gasteiger partial charge in [0.1, 0.15) is 0 Å². The highest BCUT2D eigenvalue weighted by molar-refractivity contribution is 7.25. The molecule has 0 saturated carbocycles. The highest BCUT2D eigenvalue weighted by Crippen LogP contribution is 2.50. The molecule has 0 fully saturated rings. The lowest BCUT2D eigenvalue weighted by atomic mass is 9.82. The number of thiophene rings is 1. The van der Waals surface area contributed by atoms with Crippen molar-refractivity contribution >= 4 is 107 Å². The summed E-state index contributed by atoms with van der Waals surface area (Å²) in [4.78, 5) is 0. The molecule has 0 nitrogen and oxygen atoms in total. The van der Waals surface area contributed by atoms with Crippen molar-refractivity contribution in [1.82, 2.24) is 0 Å². The van der Waals surface area contributed by atoms with E-state index in [1.807, 2.05) is 11.3 Å². The van der Waals surface area contributed by atoms with Crippen LogP contribution in [0, 0.1) is 0 Å². The van der Waals surface area contributed by atoms with Crippen molar-refractivity contribution in [3.8, 4) is 77.9 Å². The first-order chi connectivity index (χ1) is 41.2. The maximum atomic E-state index is 2.47. The third-order valence-corrected chi connectivity index (χ3v) is 18.8. The molecule has 0 saturated heterocycles. The fourth-order valence-corrected chi connectivity index (χ4v) is 15.0. The Balaban J connectivity index is 0.834. The summed E-state index contributed by atoms with van der Waals surface area (Å²) < 4.78 is 2.65. The zero-order chi connectivity index (χ0) is 54.5. The van der Waals surface area contributed by atoms with E-state index in [1.54, 1.807) is 0 Å². The van der Waals surface area contributed by atoms with Gasteiger partial charge in [-0.05, 0) is 184 Å². The van der Waals surface area contributed by atoms with Crippen molar-refractivity contribution < 1.29 is 0 Å². The molecular weight excluding hydrogens is 1020 g/mol. The van der Waals surface area contributed by atoms with Crippen molar-refractivity contribution in [3.05, 3.63) is 303 Å². The fourth-order valence-electron chi connectivity index (χ4n) is 13.9. The molecule has 1 aromatic heterocycles. The standard InChI is InChI=1S/C82H50S/c1-3-24-59-51(18-1)20-16-35-61(59)57-23-15-22-55(48-57)56-42-44-74-76(49-56)82(72-34-12-11-33-71(72)81(74)66-36-17-21-52-19-2-4-25-60(52)66)73-46-45-62(63-26-5-6-27-64(63)73)53-38-40-54(41-39-53)79-67-29-7-9-31-69(67)80(70-32-10-8-30-68(70)79)58-43-47-78-75(50-58)65-28-13-14-37-77(65)83-78/h1-50H. The molecule has 0 aliphatic carbocycles. The minimum atomic E-state index is 1.18. The second-order valence-electron chi connectivity index (χ2n) is 22.1. The predicted octanol–water partition coefficient (Wildman–Crippen LogP) is 23.8. The molecule has 83 heavy (non-hydrogen) atoms. The maximum absolute atomic E-state index is 2.47. The van der Waals surface area contributed by atoms with Crippen LogP contribution in [0.2, 0.25) is 0 Å². The third kappa shape index (κ3) is 7.59. The van der Waals surface area contributed by atoms with Crippen LogP contribution in [0.5, 0.6) is 0 Å². The van der Waals surface area contributed by atoms with Gasteiger partial charge in [0.15, 0.2) is 0 Å². The summed E-state index contributed by atoms with van der Waals surface area (Å²) in [7, 11) is 0. The molecule has 384 valence electrons. The van der Waals surface area contributed by atoms with Crippen LogP contribution < -0.4 is 0 Å². The lowest BCUT2D eigenvalue weighted by molar-refractivity contribution is 1.61. The molecule has 0 bridgehead atoms. The van der Waals surface area contributed by atoms with Crippen molar-refractivity contribution in [2.75, 3.05) is 0 Å². The molecule has 1 heteroatoms. The van der Waals surface area contributed by atoms with Crippen LogP contribution in [-0.2, 0) is 0 Å². The zero-order valence-electron chi connectivity index (χ0n) is 45.3. The van der Waals surface area contributed by atoms with Crippen molar-refractivity contribution in [2.24, 2.45) is 0 Å². The van der Waals surface area contributed by atoms with Gasteiger partial charge in [0, 0.05) is 20.2 Å².